The van der Waals surface area contributed by atoms with Crippen LogP contribution in [0.15, 0.2) is 18.3 Å². The maximum atomic E-state index is 12.6. The number of amides is 1. The lowest BCUT2D eigenvalue weighted by atomic mass is 10.1. The molecule has 0 radical (unpaired) electrons. The fraction of sp³-hybridized carbons (Fsp3) is 0.600. The number of rotatable bonds is 3. The lowest BCUT2D eigenvalue weighted by molar-refractivity contribution is 0.0664. The molecular weight excluding hydrogens is 224 g/mol. The molecule has 2 fully saturated rings. The Morgan fingerprint density at radius 3 is 2.39 bits per heavy atom. The van der Waals surface area contributed by atoms with E-state index in [1.165, 1.54) is 38.5 Å². The molecule has 1 amide bonds. The topological polar surface area (TPSA) is 33.2 Å². The van der Waals surface area contributed by atoms with E-state index in [9.17, 15) is 4.79 Å². The van der Waals surface area contributed by atoms with Crippen LogP contribution in [0.4, 0.5) is 0 Å². The first-order chi connectivity index (χ1) is 8.75. The second kappa shape index (κ2) is 4.71. The summed E-state index contributed by atoms with van der Waals surface area (Å²) in [6.07, 6.45) is 8.99. The van der Waals surface area contributed by atoms with Gasteiger partial charge in [0.05, 0.1) is 5.56 Å². The van der Waals surface area contributed by atoms with Crippen LogP contribution in [-0.2, 0) is 0 Å². The van der Waals surface area contributed by atoms with Crippen LogP contribution in [0.2, 0.25) is 0 Å². The number of pyridine rings is 1. The van der Waals surface area contributed by atoms with E-state index in [4.69, 9.17) is 0 Å². The molecule has 1 aromatic heterocycles. The van der Waals surface area contributed by atoms with Crippen LogP contribution >= 0.6 is 0 Å². The Balaban J connectivity index is 1.81. The largest absolute Gasteiger partial charge is 0.333 e. The van der Waals surface area contributed by atoms with Gasteiger partial charge in [0.2, 0.25) is 0 Å². The maximum Gasteiger partial charge on any atom is 0.255 e. The normalized spacial score (nSPS) is 20.1. The van der Waals surface area contributed by atoms with Gasteiger partial charge in [-0.2, -0.15) is 0 Å². The molecule has 3 rings (SSSR count). The Morgan fingerprint density at radius 1 is 1.17 bits per heavy atom. The van der Waals surface area contributed by atoms with Crippen LogP contribution < -0.4 is 0 Å². The summed E-state index contributed by atoms with van der Waals surface area (Å²) >= 11 is 0. The zero-order chi connectivity index (χ0) is 12.5. The number of carbonyl (C=O) groups is 1. The Bertz CT molecular complexity index is 430. The van der Waals surface area contributed by atoms with Crippen molar-refractivity contribution in [2.45, 2.75) is 57.5 Å². The highest BCUT2D eigenvalue weighted by Crippen LogP contribution is 2.35. The standard InChI is InChI=1S/C15H20N2O/c1-11-6-7-12(10-16-11)15(18)17(14-8-9-14)13-4-2-3-5-13/h6-7,10,13-14H,2-5,8-9H2,1H3. The first-order valence-electron chi connectivity index (χ1n) is 7.01. The predicted octanol–water partition coefficient (Wildman–Crippen LogP) is 2.94. The third kappa shape index (κ3) is 2.26. The molecule has 2 saturated carbocycles. The third-order valence-electron chi connectivity index (χ3n) is 4.05. The molecule has 0 spiro atoms. The summed E-state index contributed by atoms with van der Waals surface area (Å²) in [7, 11) is 0. The first-order valence-corrected chi connectivity index (χ1v) is 7.01. The highest BCUT2D eigenvalue weighted by Gasteiger charge is 2.38. The summed E-state index contributed by atoms with van der Waals surface area (Å²) < 4.78 is 0. The fourth-order valence-electron chi connectivity index (χ4n) is 2.91. The zero-order valence-corrected chi connectivity index (χ0v) is 10.9. The minimum atomic E-state index is 0.192. The number of aromatic nitrogens is 1. The van der Waals surface area contributed by atoms with Crippen molar-refractivity contribution in [2.75, 3.05) is 0 Å². The Kier molecular flexibility index (Phi) is 3.06. The van der Waals surface area contributed by atoms with E-state index in [0.717, 1.165) is 11.3 Å². The quantitative estimate of drug-likeness (QED) is 0.819. The van der Waals surface area contributed by atoms with Crippen molar-refractivity contribution in [1.29, 1.82) is 0 Å². The second-order valence-electron chi connectivity index (χ2n) is 5.57. The van der Waals surface area contributed by atoms with Crippen molar-refractivity contribution in [3.63, 3.8) is 0 Å². The summed E-state index contributed by atoms with van der Waals surface area (Å²) in [5, 5.41) is 0. The van der Waals surface area contributed by atoms with E-state index in [1.807, 2.05) is 19.1 Å². The second-order valence-corrected chi connectivity index (χ2v) is 5.57. The molecule has 0 unspecified atom stereocenters. The average molecular weight is 244 g/mol. The highest BCUT2D eigenvalue weighted by molar-refractivity contribution is 5.94. The lowest BCUT2D eigenvalue weighted by Gasteiger charge is -2.29. The summed E-state index contributed by atoms with van der Waals surface area (Å²) in [6, 6.07) is 4.82. The van der Waals surface area contributed by atoms with Gasteiger partial charge in [-0.25, -0.2) is 0 Å². The molecule has 0 saturated heterocycles. The average Bonchev–Trinajstić information content (AvgIpc) is 3.05. The van der Waals surface area contributed by atoms with Crippen LogP contribution in [0.1, 0.15) is 54.6 Å². The van der Waals surface area contributed by atoms with E-state index in [2.05, 4.69) is 9.88 Å². The molecule has 1 aromatic rings. The molecule has 0 bridgehead atoms. The van der Waals surface area contributed by atoms with E-state index in [-0.39, 0.29) is 5.91 Å². The van der Waals surface area contributed by atoms with Gasteiger partial charge in [0, 0.05) is 24.0 Å². The Labute approximate surface area is 108 Å². The number of hydrogen-bond donors (Lipinski definition) is 0. The van der Waals surface area contributed by atoms with Gasteiger partial charge >= 0.3 is 0 Å². The minimum Gasteiger partial charge on any atom is -0.333 e. The van der Waals surface area contributed by atoms with Crippen LogP contribution in [0.3, 0.4) is 0 Å². The van der Waals surface area contributed by atoms with E-state index >= 15 is 0 Å². The first kappa shape index (κ1) is 11.7. The van der Waals surface area contributed by atoms with E-state index < -0.39 is 0 Å². The molecule has 3 heteroatoms. The van der Waals surface area contributed by atoms with Gasteiger partial charge in [0.15, 0.2) is 0 Å². The molecule has 1 heterocycles. The molecule has 0 aromatic carbocycles. The molecule has 96 valence electrons. The van der Waals surface area contributed by atoms with E-state index in [1.54, 1.807) is 6.20 Å². The van der Waals surface area contributed by atoms with Gasteiger partial charge in [-0.05, 0) is 44.7 Å². The number of aryl methyl sites for hydroxylation is 1. The Morgan fingerprint density at radius 2 is 1.83 bits per heavy atom. The lowest BCUT2D eigenvalue weighted by Crippen LogP contribution is -2.40. The number of nitrogens with zero attached hydrogens (tertiary/aromatic N) is 2. The van der Waals surface area contributed by atoms with Crippen LogP contribution in [0, 0.1) is 6.92 Å². The van der Waals surface area contributed by atoms with Crippen molar-refractivity contribution in [3.05, 3.63) is 29.6 Å². The molecule has 3 nitrogen and oxygen atoms in total. The number of carbonyl (C=O) groups excluding carboxylic acids is 1. The molecule has 0 atom stereocenters. The fourth-order valence-corrected chi connectivity index (χ4v) is 2.91. The van der Waals surface area contributed by atoms with Crippen molar-refractivity contribution < 1.29 is 4.79 Å². The minimum absolute atomic E-state index is 0.192. The highest BCUT2D eigenvalue weighted by atomic mass is 16.2. The van der Waals surface area contributed by atoms with Gasteiger partial charge in [0.1, 0.15) is 0 Å². The summed E-state index contributed by atoms with van der Waals surface area (Å²) in [4.78, 5) is 19.0. The molecule has 0 N–H and O–H groups in total. The van der Waals surface area contributed by atoms with Crippen molar-refractivity contribution in [2.24, 2.45) is 0 Å². The molecule has 18 heavy (non-hydrogen) atoms. The van der Waals surface area contributed by atoms with Gasteiger partial charge in [-0.1, -0.05) is 12.8 Å². The van der Waals surface area contributed by atoms with Crippen molar-refractivity contribution >= 4 is 5.91 Å². The van der Waals surface area contributed by atoms with Gasteiger partial charge in [-0.3, -0.25) is 9.78 Å². The van der Waals surface area contributed by atoms with Crippen LogP contribution in [0.25, 0.3) is 0 Å². The Hall–Kier alpha value is -1.38. The summed E-state index contributed by atoms with van der Waals surface area (Å²) in [6.45, 7) is 1.95. The monoisotopic (exact) mass is 244 g/mol. The third-order valence-corrected chi connectivity index (χ3v) is 4.05. The molecular formula is C15H20N2O. The molecule has 2 aliphatic rings. The van der Waals surface area contributed by atoms with Crippen LogP contribution in [0.5, 0.6) is 0 Å². The zero-order valence-electron chi connectivity index (χ0n) is 10.9. The predicted molar refractivity (Wildman–Crippen MR) is 70.4 cm³/mol. The van der Waals surface area contributed by atoms with Crippen molar-refractivity contribution in [1.82, 2.24) is 9.88 Å². The van der Waals surface area contributed by atoms with Gasteiger partial charge in [-0.15, -0.1) is 0 Å². The van der Waals surface area contributed by atoms with E-state index in [0.29, 0.717) is 12.1 Å². The number of hydrogen-bond acceptors (Lipinski definition) is 2. The molecule has 0 aliphatic heterocycles. The molecule has 2 aliphatic carbocycles. The maximum absolute atomic E-state index is 12.6. The SMILES string of the molecule is Cc1ccc(C(=O)N(C2CCCC2)C2CC2)cn1. The smallest absolute Gasteiger partial charge is 0.255 e. The van der Waals surface area contributed by atoms with Gasteiger partial charge < -0.3 is 4.90 Å². The van der Waals surface area contributed by atoms with Gasteiger partial charge in [0.25, 0.3) is 5.91 Å². The van der Waals surface area contributed by atoms with Crippen molar-refractivity contribution in [3.8, 4) is 0 Å². The van der Waals surface area contributed by atoms with Crippen LogP contribution in [-0.4, -0.2) is 27.9 Å². The summed E-state index contributed by atoms with van der Waals surface area (Å²) in [5.41, 5.74) is 1.71. The summed E-state index contributed by atoms with van der Waals surface area (Å²) in [5.74, 6) is 0.192.